The fourth-order valence-corrected chi connectivity index (χ4v) is 2.17. The summed E-state index contributed by atoms with van der Waals surface area (Å²) in [6.45, 7) is -0.567. The average molecular weight is 362 g/mol. The predicted octanol–water partition coefficient (Wildman–Crippen LogP) is 3.61. The molecule has 0 N–H and O–H groups in total. The molecule has 0 bridgehead atoms. The van der Waals surface area contributed by atoms with E-state index in [4.69, 9.17) is 4.84 Å². The fourth-order valence-electron chi connectivity index (χ4n) is 2.17. The van der Waals surface area contributed by atoms with E-state index < -0.39 is 6.61 Å². The molecule has 0 radical (unpaired) electrons. The molecule has 0 aromatic heterocycles. The van der Waals surface area contributed by atoms with E-state index in [0.29, 0.717) is 12.1 Å². The van der Waals surface area contributed by atoms with Crippen LogP contribution >= 0.6 is 0 Å². The van der Waals surface area contributed by atoms with Crippen LogP contribution in [0.4, 0.5) is 8.78 Å². The van der Waals surface area contributed by atoms with E-state index in [1.54, 1.807) is 24.1 Å². The molecule has 0 unspecified atom stereocenters. The van der Waals surface area contributed by atoms with Crippen molar-refractivity contribution in [3.8, 4) is 5.75 Å². The molecule has 0 spiro atoms. The number of likely N-dealkylation sites (N-methyl/N-ethyl adjacent to an activating group) is 1. The molecule has 1 amide bonds. The molecule has 0 saturated heterocycles. The highest BCUT2D eigenvalue weighted by atomic mass is 19.3. The topological polar surface area (TPSA) is 51.1 Å². The molecule has 5 nitrogen and oxygen atoms in total. The molecule has 0 heterocycles. The van der Waals surface area contributed by atoms with Crippen LogP contribution in [0.25, 0.3) is 0 Å². The number of alkyl halides is 2. The van der Waals surface area contributed by atoms with Gasteiger partial charge in [-0.15, -0.1) is 0 Å². The van der Waals surface area contributed by atoms with Gasteiger partial charge in [0.1, 0.15) is 5.75 Å². The third-order valence-corrected chi connectivity index (χ3v) is 3.66. The number of hydrogen-bond acceptors (Lipinski definition) is 4. The lowest BCUT2D eigenvalue weighted by Crippen LogP contribution is -2.29. The highest BCUT2D eigenvalue weighted by molar-refractivity contribution is 5.80. The number of oxime groups is 1. The zero-order chi connectivity index (χ0) is 18.9. The van der Waals surface area contributed by atoms with Crippen molar-refractivity contribution in [3.05, 3.63) is 65.2 Å². The molecule has 138 valence electrons. The summed E-state index contributed by atoms with van der Waals surface area (Å²) in [6, 6.07) is 13.7. The predicted molar refractivity (Wildman–Crippen MR) is 94.3 cm³/mol. The lowest BCUT2D eigenvalue weighted by molar-refractivity contribution is -0.135. The maximum Gasteiger partial charge on any atom is 0.387 e. The average Bonchev–Trinajstić information content (AvgIpc) is 2.61. The Hall–Kier alpha value is -2.96. The Kier molecular flexibility index (Phi) is 7.08. The van der Waals surface area contributed by atoms with Crippen molar-refractivity contribution in [1.29, 1.82) is 0 Å². The Bertz CT molecular complexity index is 749. The van der Waals surface area contributed by atoms with Crippen LogP contribution in [0, 0.1) is 6.92 Å². The van der Waals surface area contributed by atoms with E-state index in [-0.39, 0.29) is 18.3 Å². The van der Waals surface area contributed by atoms with Gasteiger partial charge in [-0.3, -0.25) is 4.79 Å². The second-order valence-corrected chi connectivity index (χ2v) is 5.63. The summed E-state index contributed by atoms with van der Waals surface area (Å²) in [5.74, 6) is -0.142. The van der Waals surface area contributed by atoms with Crippen LogP contribution in [0.5, 0.6) is 5.75 Å². The van der Waals surface area contributed by atoms with Crippen LogP contribution in [0.1, 0.15) is 16.7 Å². The van der Waals surface area contributed by atoms with Crippen molar-refractivity contribution in [3.63, 3.8) is 0 Å². The molecule has 0 atom stereocenters. The molecule has 7 heteroatoms. The summed E-state index contributed by atoms with van der Waals surface area (Å²) in [7, 11) is 1.70. The number of carbonyl (C=O) groups excluding carboxylic acids is 1. The molecule has 0 fully saturated rings. The van der Waals surface area contributed by atoms with Gasteiger partial charge in [-0.2, -0.15) is 8.78 Å². The number of amides is 1. The molecule has 26 heavy (non-hydrogen) atoms. The first-order chi connectivity index (χ1) is 12.5. The molecule has 0 aliphatic rings. The molecule has 0 aliphatic carbocycles. The quantitative estimate of drug-likeness (QED) is 0.533. The smallest absolute Gasteiger partial charge is 0.387 e. The summed E-state index contributed by atoms with van der Waals surface area (Å²) in [5, 5.41) is 3.72. The van der Waals surface area contributed by atoms with Gasteiger partial charge in [-0.05, 0) is 47.9 Å². The van der Waals surface area contributed by atoms with Crippen molar-refractivity contribution in [2.24, 2.45) is 5.16 Å². The van der Waals surface area contributed by atoms with Crippen LogP contribution in [0.3, 0.4) is 0 Å². The van der Waals surface area contributed by atoms with Crippen molar-refractivity contribution in [2.75, 3.05) is 13.7 Å². The number of nitrogens with zero attached hydrogens (tertiary/aromatic N) is 2. The van der Waals surface area contributed by atoms with E-state index >= 15 is 0 Å². The summed E-state index contributed by atoms with van der Waals surface area (Å²) in [4.78, 5) is 18.6. The van der Waals surface area contributed by atoms with E-state index in [1.165, 1.54) is 18.3 Å². The SMILES string of the molecule is Cc1ccccc1CN(C)C(=O)CO/N=C/c1ccc(OC(F)F)cc1. The van der Waals surface area contributed by atoms with E-state index in [9.17, 15) is 13.6 Å². The largest absolute Gasteiger partial charge is 0.435 e. The van der Waals surface area contributed by atoms with Gasteiger partial charge in [0.15, 0.2) is 6.61 Å². The Morgan fingerprint density at radius 1 is 1.19 bits per heavy atom. The lowest BCUT2D eigenvalue weighted by Gasteiger charge is -2.17. The van der Waals surface area contributed by atoms with Gasteiger partial charge in [0.05, 0.1) is 6.21 Å². The monoisotopic (exact) mass is 362 g/mol. The van der Waals surface area contributed by atoms with Crippen LogP contribution in [-0.4, -0.2) is 37.3 Å². The van der Waals surface area contributed by atoms with Crippen LogP contribution in [0.15, 0.2) is 53.7 Å². The third-order valence-electron chi connectivity index (χ3n) is 3.66. The number of ether oxygens (including phenoxy) is 1. The van der Waals surface area contributed by atoms with Gasteiger partial charge >= 0.3 is 6.61 Å². The highest BCUT2D eigenvalue weighted by Crippen LogP contribution is 2.14. The summed E-state index contributed by atoms with van der Waals surface area (Å²) < 4.78 is 28.4. The van der Waals surface area contributed by atoms with Gasteiger partial charge in [-0.1, -0.05) is 29.4 Å². The van der Waals surface area contributed by atoms with E-state index in [1.807, 2.05) is 31.2 Å². The van der Waals surface area contributed by atoms with Crippen LogP contribution < -0.4 is 4.74 Å². The highest BCUT2D eigenvalue weighted by Gasteiger charge is 2.10. The Morgan fingerprint density at radius 3 is 2.54 bits per heavy atom. The minimum Gasteiger partial charge on any atom is -0.435 e. The number of aryl methyl sites for hydroxylation is 1. The zero-order valence-electron chi connectivity index (χ0n) is 14.6. The van der Waals surface area contributed by atoms with Crippen LogP contribution in [-0.2, 0) is 16.2 Å². The van der Waals surface area contributed by atoms with E-state index in [2.05, 4.69) is 9.89 Å². The number of hydrogen-bond donors (Lipinski definition) is 0. The van der Waals surface area contributed by atoms with Crippen molar-refractivity contribution >= 4 is 12.1 Å². The standard InChI is InChI=1S/C19H20F2N2O3/c1-14-5-3-4-6-16(14)12-23(2)18(24)13-25-22-11-15-7-9-17(10-8-15)26-19(20)21/h3-11,19H,12-13H2,1-2H3/b22-11+. The van der Waals surface area contributed by atoms with Crippen molar-refractivity contribution < 1.29 is 23.1 Å². The van der Waals surface area contributed by atoms with Crippen molar-refractivity contribution in [2.45, 2.75) is 20.1 Å². The number of halogens is 2. The number of rotatable bonds is 8. The third kappa shape index (κ3) is 6.16. The number of benzene rings is 2. The second-order valence-electron chi connectivity index (χ2n) is 5.63. The van der Waals surface area contributed by atoms with Crippen molar-refractivity contribution in [1.82, 2.24) is 4.90 Å². The van der Waals surface area contributed by atoms with E-state index in [0.717, 1.165) is 11.1 Å². The zero-order valence-corrected chi connectivity index (χ0v) is 14.6. The molecule has 0 aliphatic heterocycles. The molecular weight excluding hydrogens is 342 g/mol. The Labute approximate surface area is 150 Å². The first-order valence-corrected chi connectivity index (χ1v) is 7.94. The maximum atomic E-state index is 12.1. The Balaban J connectivity index is 1.78. The first kappa shape index (κ1) is 19.4. The van der Waals surface area contributed by atoms with Gasteiger partial charge < -0.3 is 14.5 Å². The normalized spacial score (nSPS) is 11.0. The maximum absolute atomic E-state index is 12.1. The minimum absolute atomic E-state index is 0.0612. The Morgan fingerprint density at radius 2 is 1.88 bits per heavy atom. The molecular formula is C19H20F2N2O3. The van der Waals surface area contributed by atoms with Gasteiger partial charge in [0.25, 0.3) is 5.91 Å². The number of carbonyl (C=O) groups is 1. The minimum atomic E-state index is -2.86. The molecule has 2 aromatic rings. The van der Waals surface area contributed by atoms with Gasteiger partial charge in [0.2, 0.25) is 0 Å². The molecule has 0 saturated carbocycles. The summed E-state index contributed by atoms with van der Waals surface area (Å²) >= 11 is 0. The van der Waals surface area contributed by atoms with Crippen LogP contribution in [0.2, 0.25) is 0 Å². The fraction of sp³-hybridized carbons (Fsp3) is 0.263. The van der Waals surface area contributed by atoms with Gasteiger partial charge in [-0.25, -0.2) is 0 Å². The molecule has 2 rings (SSSR count). The van der Waals surface area contributed by atoms with Gasteiger partial charge in [0, 0.05) is 13.6 Å². The molecule has 2 aromatic carbocycles. The summed E-state index contributed by atoms with van der Waals surface area (Å²) in [5.41, 5.74) is 2.82. The first-order valence-electron chi connectivity index (χ1n) is 7.94. The summed E-state index contributed by atoms with van der Waals surface area (Å²) in [6.07, 6.45) is 1.39. The second kappa shape index (κ2) is 9.50. The lowest BCUT2D eigenvalue weighted by atomic mass is 10.1.